The van der Waals surface area contributed by atoms with Crippen LogP contribution in [0.4, 0.5) is 17.1 Å². The fraction of sp³-hybridized carbons (Fsp3) is 0.184. The van der Waals surface area contributed by atoms with Crippen molar-refractivity contribution < 1.29 is 8.83 Å². The predicted molar refractivity (Wildman–Crippen MR) is 219 cm³/mol. The van der Waals surface area contributed by atoms with Gasteiger partial charge in [-0.1, -0.05) is 131 Å². The molecule has 3 heteroatoms. The lowest BCUT2D eigenvalue weighted by atomic mass is 9.84. The Labute approximate surface area is 304 Å². The maximum atomic E-state index is 6.74. The van der Waals surface area contributed by atoms with Gasteiger partial charge in [0.25, 0.3) is 0 Å². The van der Waals surface area contributed by atoms with Crippen molar-refractivity contribution in [3.63, 3.8) is 0 Å². The van der Waals surface area contributed by atoms with E-state index in [2.05, 4.69) is 159 Å². The summed E-state index contributed by atoms with van der Waals surface area (Å²) in [5, 5.41) is 6.73. The largest absolute Gasteiger partial charge is 0.456 e. The van der Waals surface area contributed by atoms with E-state index in [4.69, 9.17) is 8.83 Å². The third-order valence-corrected chi connectivity index (χ3v) is 11.3. The van der Waals surface area contributed by atoms with Crippen LogP contribution >= 0.6 is 0 Å². The highest BCUT2D eigenvalue weighted by atomic mass is 16.3. The second kappa shape index (κ2) is 11.9. The van der Waals surface area contributed by atoms with Crippen molar-refractivity contribution in [2.75, 3.05) is 4.90 Å². The first-order valence-corrected chi connectivity index (χ1v) is 18.7. The van der Waals surface area contributed by atoms with Crippen molar-refractivity contribution in [2.45, 2.75) is 57.8 Å². The Balaban J connectivity index is 1.22. The van der Waals surface area contributed by atoms with Gasteiger partial charge in [-0.05, 0) is 88.9 Å². The van der Waals surface area contributed by atoms with Crippen molar-refractivity contribution in [3.8, 4) is 11.1 Å². The minimum atomic E-state index is -0.0613. The topological polar surface area (TPSA) is 29.5 Å². The van der Waals surface area contributed by atoms with Crippen molar-refractivity contribution in [1.82, 2.24) is 0 Å². The molecule has 52 heavy (non-hydrogen) atoms. The minimum Gasteiger partial charge on any atom is -0.456 e. The first-order valence-electron chi connectivity index (χ1n) is 18.7. The van der Waals surface area contributed by atoms with Crippen LogP contribution < -0.4 is 4.90 Å². The van der Waals surface area contributed by atoms with Crippen molar-refractivity contribution in [1.29, 1.82) is 0 Å². The second-order valence-electron chi connectivity index (χ2n) is 15.6. The molecule has 0 unspecified atom stereocenters. The van der Waals surface area contributed by atoms with E-state index in [1.165, 1.54) is 53.3 Å². The van der Waals surface area contributed by atoms with Gasteiger partial charge in [0.15, 0.2) is 0 Å². The number of furan rings is 2. The first-order chi connectivity index (χ1) is 25.4. The van der Waals surface area contributed by atoms with E-state index < -0.39 is 0 Å². The molecule has 1 aliphatic carbocycles. The number of anilines is 3. The van der Waals surface area contributed by atoms with Gasteiger partial charge in [-0.15, -0.1) is 0 Å². The van der Waals surface area contributed by atoms with E-state index in [0.29, 0.717) is 5.92 Å². The monoisotopic (exact) mass is 675 g/mol. The van der Waals surface area contributed by atoms with Gasteiger partial charge in [0.1, 0.15) is 22.3 Å². The van der Waals surface area contributed by atoms with Gasteiger partial charge in [0, 0.05) is 32.6 Å². The SMILES string of the molecule is CC(C)(C)c1cccc2oc3c4ccccc4c(N(c4ccc(-c5ccc(C6CCCC6)cc5)cc4)c4cccc5oc6ccccc6c45)cc3c12. The summed E-state index contributed by atoms with van der Waals surface area (Å²) in [7, 11) is 0. The molecule has 0 aliphatic heterocycles. The van der Waals surface area contributed by atoms with Gasteiger partial charge in [-0.2, -0.15) is 0 Å². The molecule has 1 fully saturated rings. The van der Waals surface area contributed by atoms with Crippen LogP contribution in [0.3, 0.4) is 0 Å². The highest BCUT2D eigenvalue weighted by Crippen LogP contribution is 2.49. The zero-order valence-electron chi connectivity index (χ0n) is 29.9. The van der Waals surface area contributed by atoms with E-state index in [1.54, 1.807) is 0 Å². The fourth-order valence-electron chi connectivity index (χ4n) is 8.80. The molecule has 0 spiro atoms. The van der Waals surface area contributed by atoms with Gasteiger partial charge in [0.05, 0.1) is 16.8 Å². The van der Waals surface area contributed by atoms with Crippen molar-refractivity contribution in [2.24, 2.45) is 0 Å². The Kier molecular flexibility index (Phi) is 7.08. The quantitative estimate of drug-likeness (QED) is 0.182. The lowest BCUT2D eigenvalue weighted by molar-refractivity contribution is 0.594. The molecule has 0 saturated heterocycles. The summed E-state index contributed by atoms with van der Waals surface area (Å²) in [6.45, 7) is 6.84. The molecule has 0 atom stereocenters. The van der Waals surface area contributed by atoms with Gasteiger partial charge >= 0.3 is 0 Å². The standard InChI is InChI=1S/C49H41NO2/c1-49(2,3)40-17-10-20-44-46(40)39-30-42(36-14-6-7-15-37(36)48(39)52-44)50(41-18-11-21-45-47(41)38-16-8-9-19-43(38)51-45)35-28-26-34(27-29-35)33-24-22-32(23-25-33)31-12-4-5-13-31/h6-11,14-31H,4-5,12-13H2,1-3H3. The number of nitrogens with zero attached hydrogens (tertiary/aromatic N) is 1. The number of fused-ring (bicyclic) bond motifs is 8. The minimum absolute atomic E-state index is 0.0613. The second-order valence-corrected chi connectivity index (χ2v) is 15.6. The average Bonchev–Trinajstić information content (AvgIpc) is 3.93. The highest BCUT2D eigenvalue weighted by Gasteiger charge is 2.26. The van der Waals surface area contributed by atoms with Crippen LogP contribution in [-0.4, -0.2) is 0 Å². The number of benzene rings is 7. The van der Waals surface area contributed by atoms with Crippen LogP contribution in [-0.2, 0) is 5.41 Å². The molecule has 254 valence electrons. The van der Waals surface area contributed by atoms with Crippen LogP contribution in [0, 0.1) is 0 Å². The third kappa shape index (κ3) is 4.94. The molecule has 2 heterocycles. The van der Waals surface area contributed by atoms with Crippen LogP contribution in [0.2, 0.25) is 0 Å². The number of hydrogen-bond donors (Lipinski definition) is 0. The fourth-order valence-corrected chi connectivity index (χ4v) is 8.80. The summed E-state index contributed by atoms with van der Waals surface area (Å²) in [6, 6.07) is 50.7. The van der Waals surface area contributed by atoms with Gasteiger partial charge in [-0.3, -0.25) is 0 Å². The molecule has 3 nitrogen and oxygen atoms in total. The molecular weight excluding hydrogens is 635 g/mol. The maximum absolute atomic E-state index is 6.74. The molecule has 7 aromatic carbocycles. The molecule has 1 saturated carbocycles. The molecule has 0 N–H and O–H groups in total. The number of rotatable bonds is 5. The zero-order chi connectivity index (χ0) is 35.0. The summed E-state index contributed by atoms with van der Waals surface area (Å²) in [5.74, 6) is 0.714. The molecule has 0 bridgehead atoms. The van der Waals surface area contributed by atoms with E-state index in [-0.39, 0.29) is 5.41 Å². The van der Waals surface area contributed by atoms with Crippen LogP contribution in [0.5, 0.6) is 0 Å². The van der Waals surface area contributed by atoms with Crippen molar-refractivity contribution >= 4 is 71.7 Å². The molecule has 0 radical (unpaired) electrons. The lowest BCUT2D eigenvalue weighted by Gasteiger charge is -2.28. The lowest BCUT2D eigenvalue weighted by Crippen LogP contribution is -2.12. The molecular formula is C49H41NO2. The van der Waals surface area contributed by atoms with E-state index in [1.807, 2.05) is 6.07 Å². The van der Waals surface area contributed by atoms with Gasteiger partial charge < -0.3 is 13.7 Å². The highest BCUT2D eigenvalue weighted by molar-refractivity contribution is 6.22. The molecule has 10 rings (SSSR count). The Hall–Kier alpha value is -5.80. The normalized spacial score (nSPS) is 14.1. The Morgan fingerprint density at radius 2 is 1.13 bits per heavy atom. The smallest absolute Gasteiger partial charge is 0.143 e. The Morgan fingerprint density at radius 1 is 0.519 bits per heavy atom. The van der Waals surface area contributed by atoms with Gasteiger partial charge in [-0.25, -0.2) is 0 Å². The first kappa shape index (κ1) is 31.0. The molecule has 9 aromatic rings. The molecule has 1 aliphatic rings. The average molecular weight is 676 g/mol. The zero-order valence-corrected chi connectivity index (χ0v) is 29.9. The Bertz CT molecular complexity index is 2770. The summed E-state index contributed by atoms with van der Waals surface area (Å²) in [6.07, 6.45) is 5.33. The summed E-state index contributed by atoms with van der Waals surface area (Å²) >= 11 is 0. The van der Waals surface area contributed by atoms with Gasteiger partial charge in [0.2, 0.25) is 0 Å². The van der Waals surface area contributed by atoms with Crippen LogP contribution in [0.15, 0.2) is 148 Å². The van der Waals surface area contributed by atoms with Crippen LogP contribution in [0.1, 0.15) is 63.5 Å². The third-order valence-electron chi connectivity index (χ3n) is 11.3. The number of para-hydroxylation sites is 1. The molecule has 0 amide bonds. The predicted octanol–water partition coefficient (Wildman–Crippen LogP) is 14.7. The Morgan fingerprint density at radius 3 is 1.87 bits per heavy atom. The summed E-state index contributed by atoms with van der Waals surface area (Å²) < 4.78 is 13.2. The van der Waals surface area contributed by atoms with E-state index >= 15 is 0 Å². The van der Waals surface area contributed by atoms with E-state index in [9.17, 15) is 0 Å². The maximum Gasteiger partial charge on any atom is 0.143 e. The summed E-state index contributed by atoms with van der Waals surface area (Å²) in [4.78, 5) is 2.43. The molecule has 2 aromatic heterocycles. The van der Waals surface area contributed by atoms with Crippen LogP contribution in [0.25, 0.3) is 65.8 Å². The van der Waals surface area contributed by atoms with E-state index in [0.717, 1.165) is 66.3 Å². The number of hydrogen-bond acceptors (Lipinski definition) is 3. The summed E-state index contributed by atoms with van der Waals surface area (Å²) in [5.41, 5.74) is 12.0. The van der Waals surface area contributed by atoms with Crippen molar-refractivity contribution in [3.05, 3.63) is 151 Å².